The van der Waals surface area contributed by atoms with E-state index in [1.807, 2.05) is 0 Å². The Morgan fingerprint density at radius 3 is 2.36 bits per heavy atom. The maximum absolute atomic E-state index is 12.6. The molecule has 0 atom stereocenters. The fourth-order valence-electron chi connectivity index (χ4n) is 2.43. The van der Waals surface area contributed by atoms with E-state index in [2.05, 4.69) is 36.1 Å². The zero-order chi connectivity index (χ0) is 20.6. The van der Waals surface area contributed by atoms with Gasteiger partial charge in [0.15, 0.2) is 11.5 Å². The predicted octanol–water partition coefficient (Wildman–Crippen LogP) is 2.99. The van der Waals surface area contributed by atoms with Crippen molar-refractivity contribution >= 4 is 21.7 Å². The standard InChI is InChI=1S/C16H11BrF3N5O3/c1-8-14(9(2)26)22-23-24(8)12-7-21-25(15(27)13(12)17)10-3-5-11(6-4-10)28-16(18,19)20/h3-7H,1-2H3. The summed E-state index contributed by atoms with van der Waals surface area (Å²) in [5.74, 6) is -0.697. The van der Waals surface area contributed by atoms with Crippen LogP contribution in [-0.4, -0.2) is 36.9 Å². The van der Waals surface area contributed by atoms with Gasteiger partial charge in [-0.05, 0) is 47.1 Å². The zero-order valence-electron chi connectivity index (χ0n) is 14.4. The van der Waals surface area contributed by atoms with Crippen molar-refractivity contribution in [2.75, 3.05) is 0 Å². The van der Waals surface area contributed by atoms with Crippen LogP contribution in [0.3, 0.4) is 0 Å². The molecule has 0 fully saturated rings. The Kier molecular flexibility index (Phi) is 5.06. The van der Waals surface area contributed by atoms with Gasteiger partial charge in [0.1, 0.15) is 15.9 Å². The Morgan fingerprint density at radius 2 is 1.82 bits per heavy atom. The minimum absolute atomic E-state index is 0.0845. The van der Waals surface area contributed by atoms with Crippen LogP contribution in [0.2, 0.25) is 0 Å². The van der Waals surface area contributed by atoms with Crippen molar-refractivity contribution in [1.82, 2.24) is 24.8 Å². The molecule has 0 bridgehead atoms. The number of benzene rings is 1. The summed E-state index contributed by atoms with van der Waals surface area (Å²) in [6.45, 7) is 2.97. The Hall–Kier alpha value is -3.02. The van der Waals surface area contributed by atoms with Crippen LogP contribution in [0, 0.1) is 6.92 Å². The number of rotatable bonds is 4. The molecule has 0 saturated heterocycles. The molecule has 146 valence electrons. The Labute approximate surface area is 163 Å². The van der Waals surface area contributed by atoms with Crippen molar-refractivity contribution in [1.29, 1.82) is 0 Å². The lowest BCUT2D eigenvalue weighted by atomic mass is 10.2. The van der Waals surface area contributed by atoms with Crippen molar-refractivity contribution < 1.29 is 22.7 Å². The number of Topliss-reactive ketones (excluding diaryl/α,β-unsaturated/α-hetero) is 1. The van der Waals surface area contributed by atoms with Crippen molar-refractivity contribution in [3.05, 3.63) is 56.7 Å². The molecule has 0 aliphatic rings. The lowest BCUT2D eigenvalue weighted by molar-refractivity contribution is -0.274. The fourth-order valence-corrected chi connectivity index (χ4v) is 2.87. The summed E-state index contributed by atoms with van der Waals surface area (Å²) in [5, 5.41) is 11.7. The third kappa shape index (κ3) is 3.81. The van der Waals surface area contributed by atoms with Gasteiger partial charge in [0.05, 0.1) is 17.6 Å². The predicted molar refractivity (Wildman–Crippen MR) is 93.9 cm³/mol. The van der Waals surface area contributed by atoms with Gasteiger partial charge < -0.3 is 4.74 Å². The van der Waals surface area contributed by atoms with E-state index in [1.165, 1.54) is 29.9 Å². The molecular formula is C16H11BrF3N5O3. The van der Waals surface area contributed by atoms with E-state index < -0.39 is 17.7 Å². The van der Waals surface area contributed by atoms with Crippen LogP contribution in [0.15, 0.2) is 39.7 Å². The molecule has 0 N–H and O–H groups in total. The van der Waals surface area contributed by atoms with Crippen LogP contribution in [0.25, 0.3) is 11.4 Å². The summed E-state index contributed by atoms with van der Waals surface area (Å²) in [6, 6.07) is 4.66. The number of hydrogen-bond acceptors (Lipinski definition) is 6. The highest BCUT2D eigenvalue weighted by molar-refractivity contribution is 9.10. The van der Waals surface area contributed by atoms with Gasteiger partial charge in [-0.2, -0.15) is 9.78 Å². The Morgan fingerprint density at radius 1 is 1.18 bits per heavy atom. The second kappa shape index (κ2) is 7.19. The number of ether oxygens (including phenoxy) is 1. The van der Waals surface area contributed by atoms with Gasteiger partial charge in [-0.3, -0.25) is 9.59 Å². The van der Waals surface area contributed by atoms with Gasteiger partial charge in [-0.15, -0.1) is 18.3 Å². The van der Waals surface area contributed by atoms with Crippen molar-refractivity contribution in [2.45, 2.75) is 20.2 Å². The van der Waals surface area contributed by atoms with E-state index in [9.17, 15) is 22.8 Å². The smallest absolute Gasteiger partial charge is 0.406 e. The highest BCUT2D eigenvalue weighted by atomic mass is 79.9. The quantitative estimate of drug-likeness (QED) is 0.559. The SMILES string of the molecule is CC(=O)c1nnn(-c2cnn(-c3ccc(OC(F)(F)F)cc3)c(=O)c2Br)c1C. The summed E-state index contributed by atoms with van der Waals surface area (Å²) in [5.41, 5.74) is 0.501. The molecule has 0 unspecified atom stereocenters. The molecule has 28 heavy (non-hydrogen) atoms. The summed E-state index contributed by atoms with van der Waals surface area (Å²) in [7, 11) is 0. The van der Waals surface area contributed by atoms with Crippen LogP contribution in [0.4, 0.5) is 13.2 Å². The third-order valence-electron chi connectivity index (χ3n) is 3.67. The molecule has 0 aliphatic carbocycles. The van der Waals surface area contributed by atoms with Gasteiger partial charge in [0, 0.05) is 6.92 Å². The first-order valence-corrected chi connectivity index (χ1v) is 8.45. The van der Waals surface area contributed by atoms with Gasteiger partial charge in [-0.1, -0.05) is 5.21 Å². The number of aromatic nitrogens is 5. The fraction of sp³-hybridized carbons (Fsp3) is 0.188. The largest absolute Gasteiger partial charge is 0.573 e. The summed E-state index contributed by atoms with van der Waals surface area (Å²) in [4.78, 5) is 24.2. The molecule has 0 aliphatic heterocycles. The van der Waals surface area contributed by atoms with Crippen molar-refractivity contribution in [2.24, 2.45) is 0 Å². The average Bonchev–Trinajstić information content (AvgIpc) is 2.98. The normalized spacial score (nSPS) is 11.5. The second-order valence-corrected chi connectivity index (χ2v) is 6.39. The first kappa shape index (κ1) is 19.7. The number of alkyl halides is 3. The summed E-state index contributed by atoms with van der Waals surface area (Å²) < 4.78 is 42.9. The zero-order valence-corrected chi connectivity index (χ0v) is 15.9. The lowest BCUT2D eigenvalue weighted by Gasteiger charge is -2.11. The molecule has 12 heteroatoms. The minimum atomic E-state index is -4.81. The molecule has 8 nitrogen and oxygen atoms in total. The third-order valence-corrected chi connectivity index (χ3v) is 4.42. The van der Waals surface area contributed by atoms with Gasteiger partial charge in [-0.25, -0.2) is 4.68 Å². The molecule has 0 radical (unpaired) electrons. The maximum Gasteiger partial charge on any atom is 0.573 e. The minimum Gasteiger partial charge on any atom is -0.406 e. The topological polar surface area (TPSA) is 91.9 Å². The summed E-state index contributed by atoms with van der Waals surface area (Å²) in [6.07, 6.45) is -3.49. The van der Waals surface area contributed by atoms with E-state index in [1.54, 1.807) is 6.92 Å². The molecule has 3 aromatic rings. The number of carbonyl (C=O) groups excluding carboxylic acids is 1. The van der Waals surface area contributed by atoms with Crippen LogP contribution in [0.1, 0.15) is 23.1 Å². The molecule has 0 amide bonds. The molecule has 2 heterocycles. The highest BCUT2D eigenvalue weighted by Gasteiger charge is 2.31. The van der Waals surface area contributed by atoms with Crippen molar-refractivity contribution in [3.63, 3.8) is 0 Å². The van der Waals surface area contributed by atoms with Gasteiger partial charge in [0.2, 0.25) is 0 Å². The second-order valence-electron chi connectivity index (χ2n) is 5.59. The van der Waals surface area contributed by atoms with Gasteiger partial charge in [0.25, 0.3) is 5.56 Å². The molecule has 0 spiro atoms. The molecule has 0 saturated carbocycles. The van der Waals surface area contributed by atoms with Crippen LogP contribution >= 0.6 is 15.9 Å². The number of carbonyl (C=O) groups is 1. The first-order valence-electron chi connectivity index (χ1n) is 7.66. The number of nitrogens with zero attached hydrogens (tertiary/aromatic N) is 5. The number of hydrogen-bond donors (Lipinski definition) is 0. The number of ketones is 1. The highest BCUT2D eigenvalue weighted by Crippen LogP contribution is 2.24. The van der Waals surface area contributed by atoms with Crippen LogP contribution in [0.5, 0.6) is 5.75 Å². The van der Waals surface area contributed by atoms with E-state index in [0.29, 0.717) is 5.69 Å². The molecular weight excluding hydrogens is 447 g/mol. The monoisotopic (exact) mass is 457 g/mol. The van der Waals surface area contributed by atoms with Crippen molar-refractivity contribution in [3.8, 4) is 17.1 Å². The van der Waals surface area contributed by atoms with Crippen LogP contribution < -0.4 is 10.3 Å². The summed E-state index contributed by atoms with van der Waals surface area (Å²) >= 11 is 3.18. The molecule has 3 rings (SSSR count). The van der Waals surface area contributed by atoms with Crippen LogP contribution in [-0.2, 0) is 0 Å². The van der Waals surface area contributed by atoms with E-state index in [0.717, 1.165) is 16.8 Å². The molecule has 2 aromatic heterocycles. The molecule has 1 aromatic carbocycles. The van der Waals surface area contributed by atoms with E-state index in [4.69, 9.17) is 0 Å². The Balaban J connectivity index is 1.99. The average molecular weight is 458 g/mol. The maximum atomic E-state index is 12.6. The van der Waals surface area contributed by atoms with E-state index >= 15 is 0 Å². The Bertz CT molecular complexity index is 1110. The first-order chi connectivity index (χ1) is 13.1. The lowest BCUT2D eigenvalue weighted by Crippen LogP contribution is -2.24. The van der Waals surface area contributed by atoms with Gasteiger partial charge >= 0.3 is 6.36 Å². The number of halogens is 4. The van der Waals surface area contributed by atoms with E-state index in [-0.39, 0.29) is 27.3 Å².